The number of benzene rings is 2. The zero-order chi connectivity index (χ0) is 16.1. The topological polar surface area (TPSA) is 67.9 Å². The van der Waals surface area contributed by atoms with Crippen molar-refractivity contribution >= 4 is 28.7 Å². The third-order valence-electron chi connectivity index (χ3n) is 3.15. The molecule has 0 spiro atoms. The highest BCUT2D eigenvalue weighted by Gasteiger charge is 2.17. The zero-order valence-electron chi connectivity index (χ0n) is 12.2. The molecule has 1 heterocycles. The second-order valence-electron chi connectivity index (χ2n) is 4.66. The molecule has 0 atom stereocenters. The van der Waals surface area contributed by atoms with Crippen LogP contribution in [-0.4, -0.2) is 27.8 Å². The van der Waals surface area contributed by atoms with Gasteiger partial charge in [0.05, 0.1) is 22.9 Å². The van der Waals surface area contributed by atoms with Crippen LogP contribution in [0.15, 0.2) is 59.8 Å². The highest BCUT2D eigenvalue weighted by atomic mass is 32.2. The summed E-state index contributed by atoms with van der Waals surface area (Å²) in [6.45, 7) is -0.0928. The fourth-order valence-corrected chi connectivity index (χ4v) is 2.85. The molecular formula is C17H13N3O2S. The Morgan fingerprint density at radius 3 is 2.70 bits per heavy atom. The molecule has 2 aromatic carbocycles. The number of hydrogen-bond donors (Lipinski definition) is 0. The highest BCUT2D eigenvalue weighted by Crippen LogP contribution is 2.23. The lowest BCUT2D eigenvalue weighted by atomic mass is 10.3. The molecule has 0 unspecified atom stereocenters. The van der Waals surface area contributed by atoms with E-state index in [-0.39, 0.29) is 18.3 Å². The first kappa shape index (κ1) is 15.1. The molecule has 5 nitrogen and oxygen atoms in total. The number of nitrogens with zero attached hydrogens (tertiary/aromatic N) is 3. The van der Waals surface area contributed by atoms with E-state index in [1.807, 2.05) is 42.5 Å². The van der Waals surface area contributed by atoms with Gasteiger partial charge in [-0.2, -0.15) is 5.26 Å². The average molecular weight is 323 g/mol. The summed E-state index contributed by atoms with van der Waals surface area (Å²) in [6.07, 6.45) is 0. The Hall–Kier alpha value is -2.78. The molecule has 0 N–H and O–H groups in total. The van der Waals surface area contributed by atoms with Crippen molar-refractivity contribution in [3.63, 3.8) is 0 Å². The van der Waals surface area contributed by atoms with Gasteiger partial charge in [-0.25, -0.2) is 4.98 Å². The zero-order valence-corrected chi connectivity index (χ0v) is 13.0. The van der Waals surface area contributed by atoms with Crippen LogP contribution in [0.2, 0.25) is 0 Å². The van der Waals surface area contributed by atoms with Crippen molar-refractivity contribution < 1.29 is 9.53 Å². The molecule has 0 aliphatic carbocycles. The number of para-hydroxylation sites is 3. The third kappa shape index (κ3) is 3.35. The van der Waals surface area contributed by atoms with Crippen molar-refractivity contribution in [2.24, 2.45) is 0 Å². The van der Waals surface area contributed by atoms with Gasteiger partial charge in [0.2, 0.25) is 0 Å². The number of carbonyl (C=O) groups excluding carboxylic acids is 1. The molecule has 3 rings (SSSR count). The number of imidazole rings is 1. The molecule has 114 valence electrons. The fraction of sp³-hybridized carbons (Fsp3) is 0.118. The lowest BCUT2D eigenvalue weighted by Gasteiger charge is -2.08. The predicted octanol–water partition coefficient (Wildman–Crippen LogP) is 3.37. The van der Waals surface area contributed by atoms with Gasteiger partial charge in [-0.1, -0.05) is 42.1 Å². The predicted molar refractivity (Wildman–Crippen MR) is 88.6 cm³/mol. The van der Waals surface area contributed by atoms with Gasteiger partial charge in [0.15, 0.2) is 11.8 Å². The summed E-state index contributed by atoms with van der Waals surface area (Å²) in [5.41, 5.74) is 1.44. The smallest absolute Gasteiger partial charge is 0.271 e. The number of hydrogen-bond acceptors (Lipinski definition) is 5. The van der Waals surface area contributed by atoms with Crippen LogP contribution >= 0.6 is 11.8 Å². The SMILES string of the molecule is N#CCSc1nc2ccccc2n1C(=O)COc1ccccc1. The number of rotatable bonds is 5. The average Bonchev–Trinajstić information content (AvgIpc) is 2.97. The van der Waals surface area contributed by atoms with E-state index in [9.17, 15) is 4.79 Å². The molecule has 0 bridgehead atoms. The first-order valence-corrected chi connectivity index (χ1v) is 7.96. The second kappa shape index (κ2) is 6.99. The summed E-state index contributed by atoms with van der Waals surface area (Å²) < 4.78 is 7.04. The molecule has 0 fully saturated rings. The molecule has 0 aliphatic heterocycles. The summed E-state index contributed by atoms with van der Waals surface area (Å²) in [6, 6.07) is 18.6. The van der Waals surface area contributed by atoms with Crippen molar-refractivity contribution in [2.75, 3.05) is 12.4 Å². The number of nitriles is 1. The minimum Gasteiger partial charge on any atom is -0.484 e. The number of ether oxygens (including phenoxy) is 1. The molecule has 3 aromatic rings. The number of thioether (sulfide) groups is 1. The largest absolute Gasteiger partial charge is 0.484 e. The van der Waals surface area contributed by atoms with Gasteiger partial charge in [-0.3, -0.25) is 9.36 Å². The normalized spacial score (nSPS) is 10.4. The molecule has 0 radical (unpaired) electrons. The van der Waals surface area contributed by atoms with E-state index in [2.05, 4.69) is 11.1 Å². The summed E-state index contributed by atoms with van der Waals surface area (Å²) in [5, 5.41) is 9.28. The van der Waals surface area contributed by atoms with E-state index in [0.29, 0.717) is 10.9 Å². The maximum Gasteiger partial charge on any atom is 0.271 e. The van der Waals surface area contributed by atoms with Gasteiger partial charge in [-0.15, -0.1) is 0 Å². The molecule has 23 heavy (non-hydrogen) atoms. The van der Waals surface area contributed by atoms with Gasteiger partial charge in [-0.05, 0) is 24.3 Å². The molecular weight excluding hydrogens is 310 g/mol. The number of carbonyl (C=O) groups is 1. The van der Waals surface area contributed by atoms with Crippen LogP contribution in [-0.2, 0) is 0 Å². The Kier molecular flexibility index (Phi) is 4.60. The van der Waals surface area contributed by atoms with E-state index in [1.165, 1.54) is 16.3 Å². The molecule has 6 heteroatoms. The quantitative estimate of drug-likeness (QED) is 0.673. The van der Waals surface area contributed by atoms with Crippen molar-refractivity contribution in [3.8, 4) is 11.8 Å². The Morgan fingerprint density at radius 2 is 1.91 bits per heavy atom. The Bertz CT molecular complexity index is 868. The van der Waals surface area contributed by atoms with Gasteiger partial charge >= 0.3 is 0 Å². The van der Waals surface area contributed by atoms with E-state index < -0.39 is 0 Å². The van der Waals surface area contributed by atoms with Crippen molar-refractivity contribution in [3.05, 3.63) is 54.6 Å². The highest BCUT2D eigenvalue weighted by molar-refractivity contribution is 7.99. The molecule has 0 saturated carbocycles. The second-order valence-corrected chi connectivity index (χ2v) is 5.60. The van der Waals surface area contributed by atoms with E-state index >= 15 is 0 Å². The fourth-order valence-electron chi connectivity index (χ4n) is 2.16. The van der Waals surface area contributed by atoms with Crippen LogP contribution in [0.1, 0.15) is 4.79 Å². The Labute approximate surface area is 137 Å². The standard InChI is InChI=1S/C17H13N3O2S/c18-10-11-23-17-19-14-8-4-5-9-15(14)20(17)16(21)12-22-13-6-2-1-3-7-13/h1-9H,11-12H2. The number of fused-ring (bicyclic) bond motifs is 1. The van der Waals surface area contributed by atoms with Crippen LogP contribution in [0.4, 0.5) is 0 Å². The molecule has 0 aliphatic rings. The van der Waals surface area contributed by atoms with Crippen LogP contribution in [0.3, 0.4) is 0 Å². The molecule has 1 aromatic heterocycles. The number of aromatic nitrogens is 2. The lowest BCUT2D eigenvalue weighted by Crippen LogP contribution is -2.20. The maximum atomic E-state index is 12.6. The monoisotopic (exact) mass is 323 g/mol. The van der Waals surface area contributed by atoms with Crippen molar-refractivity contribution in [1.29, 1.82) is 5.26 Å². The summed E-state index contributed by atoms with van der Waals surface area (Å²) in [7, 11) is 0. The van der Waals surface area contributed by atoms with Crippen LogP contribution in [0.25, 0.3) is 11.0 Å². The lowest BCUT2D eigenvalue weighted by molar-refractivity contribution is 0.0832. The van der Waals surface area contributed by atoms with Crippen LogP contribution < -0.4 is 4.74 Å². The molecule has 0 saturated heterocycles. The van der Waals surface area contributed by atoms with Gasteiger partial charge in [0.1, 0.15) is 5.75 Å². The first-order chi connectivity index (χ1) is 11.3. The minimum absolute atomic E-state index is 0.0928. The van der Waals surface area contributed by atoms with Crippen LogP contribution in [0.5, 0.6) is 5.75 Å². The minimum atomic E-state index is -0.219. The van der Waals surface area contributed by atoms with Crippen molar-refractivity contribution in [2.45, 2.75) is 5.16 Å². The van der Waals surface area contributed by atoms with Crippen molar-refractivity contribution in [1.82, 2.24) is 9.55 Å². The first-order valence-electron chi connectivity index (χ1n) is 6.98. The van der Waals surface area contributed by atoms with Gasteiger partial charge in [0, 0.05) is 0 Å². The van der Waals surface area contributed by atoms with E-state index in [0.717, 1.165) is 11.0 Å². The van der Waals surface area contributed by atoms with Gasteiger partial charge in [0.25, 0.3) is 5.91 Å². The Balaban J connectivity index is 1.87. The summed E-state index contributed by atoms with van der Waals surface area (Å²) >= 11 is 1.24. The maximum absolute atomic E-state index is 12.6. The van der Waals surface area contributed by atoms with Crippen LogP contribution in [0, 0.1) is 11.3 Å². The van der Waals surface area contributed by atoms with E-state index in [1.54, 1.807) is 12.1 Å². The summed E-state index contributed by atoms with van der Waals surface area (Å²) in [4.78, 5) is 17.0. The van der Waals surface area contributed by atoms with Gasteiger partial charge < -0.3 is 4.74 Å². The Morgan fingerprint density at radius 1 is 1.17 bits per heavy atom. The van der Waals surface area contributed by atoms with E-state index in [4.69, 9.17) is 10.00 Å². The summed E-state index contributed by atoms with van der Waals surface area (Å²) in [5.74, 6) is 0.648. The third-order valence-corrected chi connectivity index (χ3v) is 3.96. The molecule has 0 amide bonds.